The molecular weight excluding hydrogens is 292 g/mol. The lowest BCUT2D eigenvalue weighted by Gasteiger charge is -2.32. The Morgan fingerprint density at radius 1 is 1.39 bits per heavy atom. The van der Waals surface area contributed by atoms with E-state index in [4.69, 9.17) is 0 Å². The number of carbonyl (C=O) groups excluding carboxylic acids is 1. The van der Waals surface area contributed by atoms with Crippen LogP contribution < -0.4 is 5.32 Å². The number of piperidine rings is 1. The number of guanidine groups is 1. The summed E-state index contributed by atoms with van der Waals surface area (Å²) in [7, 11) is 0. The van der Waals surface area contributed by atoms with Gasteiger partial charge < -0.3 is 10.2 Å². The summed E-state index contributed by atoms with van der Waals surface area (Å²) < 4.78 is 1.98. The summed E-state index contributed by atoms with van der Waals surface area (Å²) in [5.74, 6) is 1.18. The van der Waals surface area contributed by atoms with Gasteiger partial charge in [0.05, 0.1) is 17.9 Å². The van der Waals surface area contributed by atoms with Crippen LogP contribution in [-0.2, 0) is 4.79 Å². The highest BCUT2D eigenvalue weighted by Crippen LogP contribution is 2.33. The van der Waals surface area contributed by atoms with Crippen molar-refractivity contribution in [3.8, 4) is 0 Å². The number of aromatic nitrogens is 2. The van der Waals surface area contributed by atoms with Crippen molar-refractivity contribution >= 4 is 24.3 Å². The minimum absolute atomic E-state index is 0.315. The summed E-state index contributed by atoms with van der Waals surface area (Å²) in [5, 5.41) is 7.55. The highest BCUT2D eigenvalue weighted by Gasteiger charge is 2.35. The van der Waals surface area contributed by atoms with E-state index in [1.54, 1.807) is 6.20 Å². The normalized spacial score (nSPS) is 19.7. The van der Waals surface area contributed by atoms with Crippen molar-refractivity contribution in [1.29, 1.82) is 0 Å². The van der Waals surface area contributed by atoms with Gasteiger partial charge in [0.15, 0.2) is 0 Å². The van der Waals surface area contributed by atoms with Crippen molar-refractivity contribution in [3.63, 3.8) is 0 Å². The third kappa shape index (κ3) is 3.78. The first-order valence-electron chi connectivity index (χ1n) is 8.32. The molecule has 1 N–H and O–H groups in total. The van der Waals surface area contributed by atoms with Crippen LogP contribution in [-0.4, -0.2) is 52.9 Å². The van der Waals surface area contributed by atoms with E-state index in [0.717, 1.165) is 44.5 Å². The molecule has 1 aliphatic carbocycles. The van der Waals surface area contributed by atoms with Gasteiger partial charge in [-0.05, 0) is 39.3 Å². The van der Waals surface area contributed by atoms with E-state index in [1.165, 1.54) is 0 Å². The zero-order valence-corrected chi connectivity index (χ0v) is 13.6. The van der Waals surface area contributed by atoms with Crippen LogP contribution >= 0.6 is 0 Å². The van der Waals surface area contributed by atoms with Gasteiger partial charge in [0, 0.05) is 31.7 Å². The van der Waals surface area contributed by atoms with Gasteiger partial charge in [0.2, 0.25) is 11.9 Å². The lowest BCUT2D eigenvalue weighted by atomic mass is 10.0. The number of carbonyl (C=O) groups is 1. The van der Waals surface area contributed by atoms with Crippen LogP contribution in [0.15, 0.2) is 22.4 Å². The van der Waals surface area contributed by atoms with Crippen LogP contribution in [0.1, 0.15) is 38.6 Å². The quantitative estimate of drug-likeness (QED) is 0.681. The van der Waals surface area contributed by atoms with Crippen molar-refractivity contribution < 1.29 is 4.79 Å². The average molecular weight is 316 g/mol. The van der Waals surface area contributed by atoms with Gasteiger partial charge in [-0.2, -0.15) is 5.10 Å². The van der Waals surface area contributed by atoms with Gasteiger partial charge in [-0.25, -0.2) is 4.99 Å². The van der Waals surface area contributed by atoms with Gasteiger partial charge in [-0.15, -0.1) is 0 Å². The molecule has 0 unspecified atom stereocenters. The van der Waals surface area contributed by atoms with Crippen molar-refractivity contribution in [2.24, 2.45) is 15.9 Å². The molecule has 1 saturated heterocycles. The number of nitrogens with zero attached hydrogens (tertiary/aromatic N) is 5. The van der Waals surface area contributed by atoms with Gasteiger partial charge in [0.25, 0.3) is 0 Å². The molecule has 0 radical (unpaired) electrons. The Morgan fingerprint density at radius 2 is 2.13 bits per heavy atom. The molecule has 0 aromatic carbocycles. The summed E-state index contributed by atoms with van der Waals surface area (Å²) in [5.41, 5.74) is 0.862. The molecular formula is C16H24N6O. The van der Waals surface area contributed by atoms with Gasteiger partial charge in [0.1, 0.15) is 0 Å². The van der Waals surface area contributed by atoms with Gasteiger partial charge in [-0.1, -0.05) is 0 Å². The fourth-order valence-corrected chi connectivity index (χ4v) is 2.95. The first-order valence-corrected chi connectivity index (χ1v) is 8.32. The Hall–Kier alpha value is -2.18. The summed E-state index contributed by atoms with van der Waals surface area (Å²) in [6.45, 7) is 7.78. The fraction of sp³-hybridized carbons (Fsp3) is 0.625. The smallest absolute Gasteiger partial charge is 0.225 e. The first-order chi connectivity index (χ1) is 11.2. The van der Waals surface area contributed by atoms with Crippen LogP contribution in [0.3, 0.4) is 0 Å². The SMILES string of the molecule is C=N/C(=N\CC)Nc1cnn(C2CCN(C(=O)C3CC3)CC2)c1. The first kappa shape index (κ1) is 15.7. The molecule has 3 rings (SSSR count). The molecule has 7 heteroatoms. The van der Waals surface area contributed by atoms with Crippen LogP contribution in [0, 0.1) is 5.92 Å². The molecule has 1 amide bonds. The standard InChI is InChI=1S/C16H24N6O/c1-3-18-16(17-2)20-13-10-19-22(11-13)14-6-8-21(9-7-14)15(23)12-4-5-12/h10-12,14H,2-9H2,1H3,(H,18,20). The number of hydrogen-bond acceptors (Lipinski definition) is 3. The monoisotopic (exact) mass is 316 g/mol. The van der Waals surface area contributed by atoms with E-state index in [-0.39, 0.29) is 0 Å². The minimum atomic E-state index is 0.315. The lowest BCUT2D eigenvalue weighted by Crippen LogP contribution is -2.39. The molecule has 1 aromatic rings. The second-order valence-electron chi connectivity index (χ2n) is 6.12. The van der Waals surface area contributed by atoms with E-state index in [0.29, 0.717) is 30.4 Å². The Labute approximate surface area is 136 Å². The number of hydrogen-bond donors (Lipinski definition) is 1. The predicted octanol–water partition coefficient (Wildman–Crippen LogP) is 1.94. The Bertz CT molecular complexity index is 595. The maximum Gasteiger partial charge on any atom is 0.225 e. The molecule has 7 nitrogen and oxygen atoms in total. The Kier molecular flexibility index (Phi) is 4.73. The zero-order valence-electron chi connectivity index (χ0n) is 13.6. The average Bonchev–Trinajstić information content (AvgIpc) is 3.33. The van der Waals surface area contributed by atoms with Crippen molar-refractivity contribution in [2.45, 2.75) is 38.6 Å². The largest absolute Gasteiger partial charge is 0.342 e. The third-order valence-electron chi connectivity index (χ3n) is 4.39. The molecule has 0 atom stereocenters. The number of amides is 1. The number of rotatable bonds is 4. The summed E-state index contributed by atoms with van der Waals surface area (Å²) in [6.07, 6.45) is 7.81. The van der Waals surface area contributed by atoms with E-state index < -0.39 is 0 Å². The van der Waals surface area contributed by atoms with Gasteiger partial charge >= 0.3 is 0 Å². The van der Waals surface area contributed by atoms with Crippen LogP contribution in [0.4, 0.5) is 5.69 Å². The molecule has 1 saturated carbocycles. The topological polar surface area (TPSA) is 74.9 Å². The molecule has 0 bridgehead atoms. The lowest BCUT2D eigenvalue weighted by molar-refractivity contribution is -0.133. The van der Waals surface area contributed by atoms with Crippen LogP contribution in [0.25, 0.3) is 0 Å². The third-order valence-corrected chi connectivity index (χ3v) is 4.39. The Balaban J connectivity index is 1.55. The summed E-state index contributed by atoms with van der Waals surface area (Å²) in [4.78, 5) is 22.2. The summed E-state index contributed by atoms with van der Waals surface area (Å²) >= 11 is 0. The maximum atomic E-state index is 12.1. The van der Waals surface area contributed by atoms with Crippen LogP contribution in [0.2, 0.25) is 0 Å². The molecule has 2 aliphatic rings. The predicted molar refractivity (Wildman–Crippen MR) is 90.9 cm³/mol. The summed E-state index contributed by atoms with van der Waals surface area (Å²) in [6, 6.07) is 0.344. The maximum absolute atomic E-state index is 12.1. The van der Waals surface area contributed by atoms with Crippen molar-refractivity contribution in [3.05, 3.63) is 12.4 Å². The molecule has 0 spiro atoms. The highest BCUT2D eigenvalue weighted by molar-refractivity contribution is 5.96. The van der Waals surface area contributed by atoms with E-state index in [1.807, 2.05) is 22.7 Å². The van der Waals surface area contributed by atoms with E-state index in [2.05, 4.69) is 27.1 Å². The van der Waals surface area contributed by atoms with Crippen molar-refractivity contribution in [1.82, 2.24) is 14.7 Å². The highest BCUT2D eigenvalue weighted by atomic mass is 16.2. The molecule has 2 fully saturated rings. The number of likely N-dealkylation sites (tertiary alicyclic amines) is 1. The van der Waals surface area contributed by atoms with E-state index >= 15 is 0 Å². The fourth-order valence-electron chi connectivity index (χ4n) is 2.95. The Morgan fingerprint density at radius 3 is 2.74 bits per heavy atom. The zero-order chi connectivity index (χ0) is 16.2. The second-order valence-corrected chi connectivity index (χ2v) is 6.12. The number of anilines is 1. The second kappa shape index (κ2) is 6.93. The molecule has 1 aromatic heterocycles. The van der Waals surface area contributed by atoms with Crippen molar-refractivity contribution in [2.75, 3.05) is 25.0 Å². The molecule has 2 heterocycles. The van der Waals surface area contributed by atoms with Gasteiger partial charge in [-0.3, -0.25) is 14.5 Å². The number of nitrogens with one attached hydrogen (secondary N) is 1. The van der Waals surface area contributed by atoms with E-state index in [9.17, 15) is 4.79 Å². The minimum Gasteiger partial charge on any atom is -0.342 e. The van der Waals surface area contributed by atoms with Crippen LogP contribution in [0.5, 0.6) is 0 Å². The number of aliphatic imine (C=N–C) groups is 2. The molecule has 23 heavy (non-hydrogen) atoms. The molecule has 124 valence electrons. The molecule has 1 aliphatic heterocycles.